The summed E-state index contributed by atoms with van der Waals surface area (Å²) >= 11 is 0. The fourth-order valence-electron chi connectivity index (χ4n) is 3.24. The van der Waals surface area contributed by atoms with Crippen molar-refractivity contribution in [3.63, 3.8) is 0 Å². The van der Waals surface area contributed by atoms with Crippen LogP contribution in [0.15, 0.2) is 59.5 Å². The zero-order valence-electron chi connectivity index (χ0n) is 15.6. The summed E-state index contributed by atoms with van der Waals surface area (Å²) < 4.78 is 36.0. The Morgan fingerprint density at radius 3 is 2.38 bits per heavy atom. The van der Waals surface area contributed by atoms with E-state index in [0.29, 0.717) is 31.7 Å². The molecule has 2 aromatic rings. The van der Waals surface area contributed by atoms with Gasteiger partial charge >= 0.3 is 16.1 Å². The van der Waals surface area contributed by atoms with E-state index in [9.17, 15) is 23.3 Å². The van der Waals surface area contributed by atoms with Crippen LogP contribution in [0.25, 0.3) is 0 Å². The molecule has 1 aliphatic rings. The summed E-state index contributed by atoms with van der Waals surface area (Å²) in [4.78, 5) is 22.4. The van der Waals surface area contributed by atoms with Crippen LogP contribution in [0, 0.1) is 10.1 Å². The molecular weight excluding hydrogens is 400 g/mol. The lowest BCUT2D eigenvalue weighted by atomic mass is 10.1. The maximum Gasteiger partial charge on any atom is 0.370 e. The number of hydrogen-bond acceptors (Lipinski definition) is 7. The Hall–Kier alpha value is -2.82. The number of piperidine rings is 1. The van der Waals surface area contributed by atoms with Gasteiger partial charge in [0.25, 0.3) is 5.69 Å². The van der Waals surface area contributed by atoms with Crippen molar-refractivity contribution in [2.24, 2.45) is 0 Å². The maximum absolute atomic E-state index is 12.8. The van der Waals surface area contributed by atoms with Crippen LogP contribution in [-0.2, 0) is 19.2 Å². The highest BCUT2D eigenvalue weighted by Crippen LogP contribution is 2.27. The zero-order valence-corrected chi connectivity index (χ0v) is 16.4. The second kappa shape index (κ2) is 8.68. The van der Waals surface area contributed by atoms with Gasteiger partial charge in [-0.15, -0.1) is 0 Å². The van der Waals surface area contributed by atoms with E-state index in [1.54, 1.807) is 30.3 Å². The van der Waals surface area contributed by atoms with E-state index in [1.165, 1.54) is 18.2 Å². The number of likely N-dealkylation sites (tertiary alicyclic amines) is 1. The molecule has 9 nitrogen and oxygen atoms in total. The third-order valence-corrected chi connectivity index (χ3v) is 5.94. The molecule has 1 saturated heterocycles. The molecule has 0 spiro atoms. The van der Waals surface area contributed by atoms with Crippen LogP contribution in [0.2, 0.25) is 0 Å². The monoisotopic (exact) mass is 421 g/mol. The lowest BCUT2D eigenvalue weighted by Gasteiger charge is -2.35. The number of benzene rings is 2. The van der Waals surface area contributed by atoms with Gasteiger partial charge < -0.3 is 4.74 Å². The lowest BCUT2D eigenvalue weighted by molar-refractivity contribution is -1.08. The molecule has 2 aromatic carbocycles. The van der Waals surface area contributed by atoms with E-state index in [2.05, 4.69) is 0 Å². The molecule has 1 fully saturated rings. The maximum atomic E-state index is 12.8. The highest BCUT2D eigenvalue weighted by molar-refractivity contribution is 7.86. The molecule has 29 heavy (non-hydrogen) atoms. The van der Waals surface area contributed by atoms with Crippen LogP contribution in [-0.4, -0.2) is 43.6 Å². The van der Waals surface area contributed by atoms with Gasteiger partial charge in [0.2, 0.25) is 6.54 Å². The number of nitrogens with zero attached hydrogens (tertiary/aromatic N) is 2. The number of rotatable bonds is 7. The first kappa shape index (κ1) is 20.9. The molecular formula is C19H21N2O7S+. The Labute approximate surface area is 168 Å². The standard InChI is InChI=1S/C19H21N2O7S/c22-19(27-17-9-3-1-4-10-17)15-21(12-5-2-6-13-21)28-29(25,26)18-11-7-8-16(14-18)20(23)24/h1,3-4,7-11,14H,2,5-6,12-13,15H2/q+1. The number of quaternary nitrogens is 1. The Morgan fingerprint density at radius 1 is 1.03 bits per heavy atom. The van der Waals surface area contributed by atoms with Gasteiger partial charge in [-0.25, -0.2) is 4.79 Å². The van der Waals surface area contributed by atoms with Gasteiger partial charge in [0.1, 0.15) is 23.7 Å². The predicted molar refractivity (Wildman–Crippen MR) is 102 cm³/mol. The second-order valence-corrected chi connectivity index (χ2v) is 8.32. The molecule has 1 aliphatic heterocycles. The third kappa shape index (κ3) is 5.37. The molecule has 0 aromatic heterocycles. The lowest BCUT2D eigenvalue weighted by Crippen LogP contribution is -2.55. The second-order valence-electron chi connectivity index (χ2n) is 6.79. The van der Waals surface area contributed by atoms with Gasteiger partial charge in [-0.1, -0.05) is 28.5 Å². The molecule has 0 bridgehead atoms. The highest BCUT2D eigenvalue weighted by atomic mass is 32.2. The molecule has 0 saturated carbocycles. The minimum absolute atomic E-state index is 0.289. The zero-order chi connectivity index (χ0) is 20.9. The Balaban J connectivity index is 1.81. The van der Waals surface area contributed by atoms with Crippen LogP contribution in [0.5, 0.6) is 5.75 Å². The molecule has 0 radical (unpaired) electrons. The van der Waals surface area contributed by atoms with E-state index in [1.807, 2.05) is 0 Å². The fraction of sp³-hybridized carbons (Fsp3) is 0.316. The Kier molecular flexibility index (Phi) is 6.26. The van der Waals surface area contributed by atoms with Crippen LogP contribution in [0.4, 0.5) is 5.69 Å². The molecule has 10 heteroatoms. The summed E-state index contributed by atoms with van der Waals surface area (Å²) in [7, 11) is -4.33. The van der Waals surface area contributed by atoms with Crippen LogP contribution in [0.3, 0.4) is 0 Å². The topological polar surface area (TPSA) is 113 Å². The quantitative estimate of drug-likeness (QED) is 0.222. The number of para-hydroxylation sites is 1. The minimum Gasteiger partial charge on any atom is -0.422 e. The molecule has 0 N–H and O–H groups in total. The summed E-state index contributed by atoms with van der Waals surface area (Å²) in [5, 5.41) is 11.0. The number of nitro benzene ring substituents is 1. The molecule has 0 amide bonds. The first-order valence-electron chi connectivity index (χ1n) is 9.12. The molecule has 0 aliphatic carbocycles. The van der Waals surface area contributed by atoms with Crippen molar-refractivity contribution in [2.75, 3.05) is 19.6 Å². The van der Waals surface area contributed by atoms with Crippen LogP contribution < -0.4 is 4.74 Å². The summed E-state index contributed by atoms with van der Waals surface area (Å²) in [5.74, 6) is -0.262. The number of nitro groups is 1. The van der Waals surface area contributed by atoms with Gasteiger partial charge in [-0.3, -0.25) is 10.1 Å². The number of carbonyl (C=O) groups excluding carboxylic acids is 1. The van der Waals surface area contributed by atoms with Crippen molar-refractivity contribution in [3.8, 4) is 5.75 Å². The molecule has 154 valence electrons. The first-order chi connectivity index (χ1) is 13.8. The highest BCUT2D eigenvalue weighted by Gasteiger charge is 2.41. The van der Waals surface area contributed by atoms with Gasteiger partial charge in [0.15, 0.2) is 0 Å². The summed E-state index contributed by atoms with van der Waals surface area (Å²) in [5.41, 5.74) is -0.358. The first-order valence-corrected chi connectivity index (χ1v) is 10.5. The summed E-state index contributed by atoms with van der Waals surface area (Å²) in [6, 6.07) is 13.1. The number of hydrogen-bond donors (Lipinski definition) is 0. The molecule has 1 heterocycles. The van der Waals surface area contributed by atoms with Crippen molar-refractivity contribution in [2.45, 2.75) is 24.2 Å². The van der Waals surface area contributed by atoms with E-state index < -0.39 is 25.7 Å². The SMILES string of the molecule is O=C(C[N+]1(OS(=O)(=O)c2cccc([N+](=O)[O-])c2)CCCCC1)Oc1ccccc1. The number of esters is 1. The largest absolute Gasteiger partial charge is 0.422 e. The molecule has 0 atom stereocenters. The average Bonchev–Trinajstić information content (AvgIpc) is 2.69. The number of ether oxygens (including phenoxy) is 1. The van der Waals surface area contributed by atoms with Crippen molar-refractivity contribution in [1.82, 2.24) is 0 Å². The molecule has 3 rings (SSSR count). The summed E-state index contributed by atoms with van der Waals surface area (Å²) in [6.07, 6.45) is 2.26. The Morgan fingerprint density at radius 2 is 1.72 bits per heavy atom. The van der Waals surface area contributed by atoms with E-state index in [4.69, 9.17) is 9.02 Å². The average molecular weight is 421 g/mol. The fourth-order valence-corrected chi connectivity index (χ4v) is 4.45. The number of carbonyl (C=O) groups is 1. The van der Waals surface area contributed by atoms with E-state index >= 15 is 0 Å². The molecule has 0 unspecified atom stereocenters. The number of hydroxylamine groups is 3. The van der Waals surface area contributed by atoms with Crippen molar-refractivity contribution >= 4 is 21.8 Å². The van der Waals surface area contributed by atoms with Crippen molar-refractivity contribution in [3.05, 3.63) is 64.7 Å². The smallest absolute Gasteiger partial charge is 0.370 e. The number of non-ortho nitro benzene ring substituents is 1. The van der Waals surface area contributed by atoms with Gasteiger partial charge in [0.05, 0.1) is 4.92 Å². The van der Waals surface area contributed by atoms with Crippen LogP contribution >= 0.6 is 0 Å². The van der Waals surface area contributed by atoms with E-state index in [-0.39, 0.29) is 17.1 Å². The third-order valence-electron chi connectivity index (χ3n) is 4.60. The van der Waals surface area contributed by atoms with Crippen LogP contribution in [0.1, 0.15) is 19.3 Å². The predicted octanol–water partition coefficient (Wildman–Crippen LogP) is 2.82. The summed E-state index contributed by atoms with van der Waals surface area (Å²) in [6.45, 7) is 0.346. The van der Waals surface area contributed by atoms with Crippen molar-refractivity contribution < 1.29 is 31.8 Å². The Bertz CT molecular complexity index is 987. The van der Waals surface area contributed by atoms with Crippen molar-refractivity contribution in [1.29, 1.82) is 0 Å². The van der Waals surface area contributed by atoms with Gasteiger partial charge in [-0.2, -0.15) is 13.1 Å². The van der Waals surface area contributed by atoms with Gasteiger partial charge in [0, 0.05) is 12.1 Å². The minimum atomic E-state index is -4.33. The van der Waals surface area contributed by atoms with E-state index in [0.717, 1.165) is 12.5 Å². The van der Waals surface area contributed by atoms with Gasteiger partial charge in [-0.05, 0) is 37.5 Å². The normalized spacial score (nSPS) is 16.1.